The minimum absolute atomic E-state index is 0.127. The predicted molar refractivity (Wildman–Crippen MR) is 107 cm³/mol. The molecule has 4 rings (SSSR count). The number of imidazole rings is 1. The van der Waals surface area contributed by atoms with E-state index in [1.807, 2.05) is 29.1 Å². The van der Waals surface area contributed by atoms with Crippen molar-refractivity contribution in [3.8, 4) is 22.4 Å². The highest BCUT2D eigenvalue weighted by atomic mass is 16.3. The molecule has 2 aromatic heterocycles. The topological polar surface area (TPSA) is 62.5 Å². The number of aliphatic hydroxyl groups excluding tert-OH is 1. The van der Waals surface area contributed by atoms with E-state index in [-0.39, 0.29) is 6.61 Å². The molecule has 4 aromatic rings. The Labute approximate surface area is 158 Å². The molecule has 5 heteroatoms. The van der Waals surface area contributed by atoms with Crippen molar-refractivity contribution in [2.45, 2.75) is 13.5 Å². The Balaban J connectivity index is 1.70. The fourth-order valence-electron chi connectivity index (χ4n) is 3.30. The number of aliphatic hydroxyl groups is 1. The standard InChI is InChI=1S/C22H22N4O/c1-16-19(18-6-3-2-4-7-18)8-5-9-20(16)21-15-26-14-17(12-23-10-11-27)13-24-22(26)25-21/h2-9,13-15,23,27H,10-12H2,1H3. The molecule has 0 aliphatic heterocycles. The lowest BCUT2D eigenvalue weighted by molar-refractivity contribution is 0.292. The van der Waals surface area contributed by atoms with Gasteiger partial charge in [0.1, 0.15) is 0 Å². The maximum Gasteiger partial charge on any atom is 0.234 e. The number of hydrogen-bond donors (Lipinski definition) is 2. The Morgan fingerprint density at radius 1 is 1.00 bits per heavy atom. The molecule has 0 radical (unpaired) electrons. The lowest BCUT2D eigenvalue weighted by Gasteiger charge is -2.10. The Hall–Kier alpha value is -3.02. The first kappa shape index (κ1) is 17.4. The monoisotopic (exact) mass is 358 g/mol. The molecule has 0 aliphatic carbocycles. The highest BCUT2D eigenvalue weighted by molar-refractivity contribution is 5.77. The first-order valence-electron chi connectivity index (χ1n) is 9.07. The van der Waals surface area contributed by atoms with Gasteiger partial charge in [0.05, 0.1) is 12.3 Å². The summed E-state index contributed by atoms with van der Waals surface area (Å²) in [7, 11) is 0. The van der Waals surface area contributed by atoms with Gasteiger partial charge in [-0.3, -0.25) is 4.40 Å². The molecule has 5 nitrogen and oxygen atoms in total. The molecule has 0 aliphatic rings. The number of fused-ring (bicyclic) bond motifs is 1. The van der Waals surface area contributed by atoms with Crippen LogP contribution in [0.4, 0.5) is 0 Å². The van der Waals surface area contributed by atoms with Gasteiger partial charge in [0.15, 0.2) is 0 Å². The number of hydrogen-bond acceptors (Lipinski definition) is 4. The number of nitrogens with zero attached hydrogens (tertiary/aromatic N) is 3. The van der Waals surface area contributed by atoms with Crippen LogP contribution in [-0.4, -0.2) is 32.6 Å². The van der Waals surface area contributed by atoms with Crippen LogP contribution in [0, 0.1) is 6.92 Å². The van der Waals surface area contributed by atoms with Gasteiger partial charge in [0, 0.05) is 42.8 Å². The summed E-state index contributed by atoms with van der Waals surface area (Å²) in [6.45, 7) is 3.50. The molecule has 2 N–H and O–H groups in total. The summed E-state index contributed by atoms with van der Waals surface area (Å²) in [6, 6.07) is 16.7. The number of nitrogens with one attached hydrogen (secondary N) is 1. The van der Waals surface area contributed by atoms with Gasteiger partial charge in [-0.05, 0) is 23.6 Å². The first-order valence-corrected chi connectivity index (χ1v) is 9.07. The first-order chi connectivity index (χ1) is 13.3. The quantitative estimate of drug-likeness (QED) is 0.518. The van der Waals surface area contributed by atoms with E-state index in [2.05, 4.69) is 59.7 Å². The molecule has 0 saturated heterocycles. The van der Waals surface area contributed by atoms with E-state index in [1.54, 1.807) is 0 Å². The second-order valence-electron chi connectivity index (χ2n) is 6.54. The van der Waals surface area contributed by atoms with Crippen molar-refractivity contribution < 1.29 is 5.11 Å². The fourth-order valence-corrected chi connectivity index (χ4v) is 3.30. The van der Waals surface area contributed by atoms with E-state index < -0.39 is 0 Å². The zero-order valence-electron chi connectivity index (χ0n) is 15.3. The molecule has 0 amide bonds. The molecule has 0 saturated carbocycles. The fraction of sp³-hybridized carbons (Fsp3) is 0.182. The molecule has 0 bridgehead atoms. The second-order valence-corrected chi connectivity index (χ2v) is 6.54. The zero-order chi connectivity index (χ0) is 18.6. The summed E-state index contributed by atoms with van der Waals surface area (Å²) in [4.78, 5) is 9.17. The molecular weight excluding hydrogens is 336 g/mol. The Morgan fingerprint density at radius 2 is 1.81 bits per heavy atom. The second kappa shape index (κ2) is 7.70. The van der Waals surface area contributed by atoms with E-state index in [0.29, 0.717) is 18.9 Å². The Kier molecular flexibility index (Phi) is 4.96. The van der Waals surface area contributed by atoms with Crippen molar-refractivity contribution in [1.29, 1.82) is 0 Å². The van der Waals surface area contributed by atoms with Crippen molar-refractivity contribution in [1.82, 2.24) is 19.7 Å². The molecule has 0 unspecified atom stereocenters. The summed E-state index contributed by atoms with van der Waals surface area (Å²) in [5.41, 5.74) is 6.70. The van der Waals surface area contributed by atoms with Crippen molar-refractivity contribution in [2.75, 3.05) is 13.2 Å². The van der Waals surface area contributed by atoms with Gasteiger partial charge in [-0.2, -0.15) is 0 Å². The smallest absolute Gasteiger partial charge is 0.234 e. The summed E-state index contributed by atoms with van der Waals surface area (Å²) >= 11 is 0. The number of aromatic nitrogens is 3. The van der Waals surface area contributed by atoms with Crippen LogP contribution in [0.1, 0.15) is 11.1 Å². The largest absolute Gasteiger partial charge is 0.395 e. The van der Waals surface area contributed by atoms with Crippen LogP contribution in [0.15, 0.2) is 67.1 Å². The predicted octanol–water partition coefficient (Wildman–Crippen LogP) is 3.45. The van der Waals surface area contributed by atoms with E-state index in [9.17, 15) is 0 Å². The molecular formula is C22H22N4O. The molecule has 0 atom stereocenters. The van der Waals surface area contributed by atoms with Crippen LogP contribution in [0.5, 0.6) is 0 Å². The average Bonchev–Trinajstić information content (AvgIpc) is 3.12. The van der Waals surface area contributed by atoms with E-state index in [4.69, 9.17) is 10.1 Å². The van der Waals surface area contributed by atoms with E-state index in [1.165, 1.54) is 16.7 Å². The van der Waals surface area contributed by atoms with Gasteiger partial charge in [-0.25, -0.2) is 9.97 Å². The lowest BCUT2D eigenvalue weighted by Crippen LogP contribution is -2.17. The number of rotatable bonds is 6. The van der Waals surface area contributed by atoms with Crippen molar-refractivity contribution in [3.05, 3.63) is 78.2 Å². The maximum absolute atomic E-state index is 8.88. The van der Waals surface area contributed by atoms with Crippen LogP contribution in [0.3, 0.4) is 0 Å². The van der Waals surface area contributed by atoms with E-state index in [0.717, 1.165) is 16.8 Å². The highest BCUT2D eigenvalue weighted by Crippen LogP contribution is 2.31. The van der Waals surface area contributed by atoms with Gasteiger partial charge < -0.3 is 10.4 Å². The Morgan fingerprint density at radius 3 is 2.63 bits per heavy atom. The molecule has 136 valence electrons. The maximum atomic E-state index is 8.88. The van der Waals surface area contributed by atoms with Crippen molar-refractivity contribution in [3.63, 3.8) is 0 Å². The molecule has 2 heterocycles. The van der Waals surface area contributed by atoms with E-state index >= 15 is 0 Å². The third kappa shape index (κ3) is 3.60. The summed E-state index contributed by atoms with van der Waals surface area (Å²) in [5.74, 6) is 0.681. The summed E-state index contributed by atoms with van der Waals surface area (Å²) < 4.78 is 1.96. The highest BCUT2D eigenvalue weighted by Gasteiger charge is 2.11. The summed E-state index contributed by atoms with van der Waals surface area (Å²) in [6.07, 6.45) is 5.87. The normalized spacial score (nSPS) is 11.2. The molecule has 0 fully saturated rings. The van der Waals surface area contributed by atoms with Crippen molar-refractivity contribution in [2.24, 2.45) is 0 Å². The van der Waals surface area contributed by atoms with Crippen LogP contribution in [0.2, 0.25) is 0 Å². The third-order valence-electron chi connectivity index (χ3n) is 4.68. The molecule has 0 spiro atoms. The molecule has 2 aromatic carbocycles. The van der Waals surface area contributed by atoms with Gasteiger partial charge >= 0.3 is 0 Å². The lowest BCUT2D eigenvalue weighted by atomic mass is 9.95. The van der Waals surface area contributed by atoms with Gasteiger partial charge in [-0.15, -0.1) is 0 Å². The minimum Gasteiger partial charge on any atom is -0.395 e. The third-order valence-corrected chi connectivity index (χ3v) is 4.68. The Bertz CT molecular complexity index is 1060. The number of benzene rings is 2. The van der Waals surface area contributed by atoms with Crippen LogP contribution >= 0.6 is 0 Å². The van der Waals surface area contributed by atoms with Gasteiger partial charge in [-0.1, -0.05) is 48.5 Å². The van der Waals surface area contributed by atoms with Crippen LogP contribution in [-0.2, 0) is 6.54 Å². The van der Waals surface area contributed by atoms with Gasteiger partial charge in [0.25, 0.3) is 0 Å². The molecule has 27 heavy (non-hydrogen) atoms. The van der Waals surface area contributed by atoms with Crippen LogP contribution in [0.25, 0.3) is 28.2 Å². The van der Waals surface area contributed by atoms with Gasteiger partial charge in [0.2, 0.25) is 5.78 Å². The summed E-state index contributed by atoms with van der Waals surface area (Å²) in [5, 5.41) is 12.0. The average molecular weight is 358 g/mol. The minimum atomic E-state index is 0.127. The SMILES string of the molecule is Cc1c(-c2ccccc2)cccc1-c1cn2cc(CNCCO)cnc2n1. The zero-order valence-corrected chi connectivity index (χ0v) is 15.3. The van der Waals surface area contributed by atoms with Crippen LogP contribution < -0.4 is 5.32 Å². The van der Waals surface area contributed by atoms with Crippen molar-refractivity contribution >= 4 is 5.78 Å².